The van der Waals surface area contributed by atoms with Crippen LogP contribution in [0.25, 0.3) is 0 Å². The Morgan fingerprint density at radius 3 is 2.50 bits per heavy atom. The number of hydrogen-bond acceptors (Lipinski definition) is 5. The third-order valence-electron chi connectivity index (χ3n) is 8.43. The predicted octanol–water partition coefficient (Wildman–Crippen LogP) is 2.50. The number of aliphatic hydroxyl groups excluding tert-OH is 1. The molecule has 1 N–H and O–H groups in total. The van der Waals surface area contributed by atoms with Crippen molar-refractivity contribution in [3.8, 4) is 0 Å². The monoisotopic (exact) mass is 565 g/mol. The zero-order valence-corrected chi connectivity index (χ0v) is 22.9. The Morgan fingerprint density at radius 1 is 1.19 bits per heavy atom. The van der Waals surface area contributed by atoms with E-state index in [-0.39, 0.29) is 41.7 Å². The first-order valence-electron chi connectivity index (χ1n) is 13.4. The van der Waals surface area contributed by atoms with Crippen molar-refractivity contribution in [2.24, 2.45) is 11.8 Å². The van der Waals surface area contributed by atoms with Crippen molar-refractivity contribution in [1.82, 2.24) is 14.7 Å². The van der Waals surface area contributed by atoms with Crippen LogP contribution in [0.1, 0.15) is 51.9 Å². The second-order valence-corrected chi connectivity index (χ2v) is 11.7. The van der Waals surface area contributed by atoms with E-state index in [1.807, 2.05) is 11.8 Å². The Balaban J connectivity index is 1.73. The second-order valence-electron chi connectivity index (χ2n) is 10.6. The summed E-state index contributed by atoms with van der Waals surface area (Å²) < 4.78 is 6.60. The molecule has 3 aliphatic heterocycles. The number of hydrogen-bond donors (Lipinski definition) is 1. The van der Waals surface area contributed by atoms with Crippen molar-refractivity contribution >= 4 is 33.7 Å². The van der Waals surface area contributed by atoms with Crippen LogP contribution in [0.5, 0.6) is 0 Å². The minimum atomic E-state index is -1.09. The van der Waals surface area contributed by atoms with Crippen LogP contribution in [0, 0.1) is 11.8 Å². The lowest BCUT2D eigenvalue weighted by atomic mass is 9.70. The van der Waals surface area contributed by atoms with Gasteiger partial charge in [-0.15, -0.1) is 13.2 Å². The maximum Gasteiger partial charge on any atom is 0.248 e. The van der Waals surface area contributed by atoms with E-state index in [2.05, 4.69) is 29.1 Å². The maximum absolute atomic E-state index is 14.3. The van der Waals surface area contributed by atoms with Gasteiger partial charge >= 0.3 is 0 Å². The van der Waals surface area contributed by atoms with Gasteiger partial charge in [0, 0.05) is 37.0 Å². The molecule has 0 radical (unpaired) electrons. The zero-order valence-electron chi connectivity index (χ0n) is 21.3. The highest BCUT2D eigenvalue weighted by atomic mass is 79.9. The lowest BCUT2D eigenvalue weighted by molar-refractivity contribution is -0.150. The predicted molar refractivity (Wildman–Crippen MR) is 140 cm³/mol. The highest BCUT2D eigenvalue weighted by molar-refractivity contribution is 9.09. The molecular formula is C27H40BrN3O5. The molecule has 3 saturated heterocycles. The molecule has 3 unspecified atom stereocenters. The van der Waals surface area contributed by atoms with E-state index in [0.717, 1.165) is 38.5 Å². The highest BCUT2D eigenvalue weighted by Gasteiger charge is 2.76. The molecule has 9 heteroatoms. The minimum Gasteiger partial charge on any atom is -0.395 e. The number of halogens is 1. The lowest BCUT2D eigenvalue weighted by Crippen LogP contribution is -2.59. The van der Waals surface area contributed by atoms with Crippen LogP contribution >= 0.6 is 15.9 Å². The van der Waals surface area contributed by atoms with E-state index >= 15 is 0 Å². The van der Waals surface area contributed by atoms with Gasteiger partial charge in [0.2, 0.25) is 17.7 Å². The van der Waals surface area contributed by atoms with Gasteiger partial charge in [0.1, 0.15) is 11.6 Å². The summed E-state index contributed by atoms with van der Waals surface area (Å²) in [5.74, 6) is -1.97. The summed E-state index contributed by atoms with van der Waals surface area (Å²) >= 11 is 3.73. The number of β-amino-alcohol motifs (C(OH)–C–C–N with tert-alkyl or cyclic N) is 1. The number of ether oxygens (including phenoxy) is 1. The number of likely N-dealkylation sites (tertiary alicyclic amines) is 1. The average molecular weight is 567 g/mol. The van der Waals surface area contributed by atoms with Crippen molar-refractivity contribution in [2.45, 2.75) is 80.5 Å². The molecule has 8 nitrogen and oxygen atoms in total. The molecule has 0 aromatic heterocycles. The van der Waals surface area contributed by atoms with E-state index in [4.69, 9.17) is 4.74 Å². The third-order valence-corrected chi connectivity index (χ3v) is 9.27. The van der Waals surface area contributed by atoms with Crippen LogP contribution in [0.2, 0.25) is 0 Å². The molecule has 1 spiro atoms. The summed E-state index contributed by atoms with van der Waals surface area (Å²) in [5.41, 5.74) is -1.09. The summed E-state index contributed by atoms with van der Waals surface area (Å²) in [4.78, 5) is 47.0. The number of aliphatic hydroxyl groups is 1. The summed E-state index contributed by atoms with van der Waals surface area (Å²) in [6, 6.07) is -0.778. The van der Waals surface area contributed by atoms with Crippen molar-refractivity contribution in [1.29, 1.82) is 0 Å². The van der Waals surface area contributed by atoms with Gasteiger partial charge in [-0.25, -0.2) is 0 Å². The highest BCUT2D eigenvalue weighted by Crippen LogP contribution is 2.60. The Morgan fingerprint density at radius 2 is 1.89 bits per heavy atom. The SMILES string of the molecule is C=CCN(CCC)C(=O)[C@H]1[C@@H]2OC3(CC2Br)C(C(=O)N(CC=C)C2CCCCC2)N(CCO)C(=O)[C@H]13. The second kappa shape index (κ2) is 11.4. The van der Waals surface area contributed by atoms with Crippen molar-refractivity contribution < 1.29 is 24.2 Å². The van der Waals surface area contributed by atoms with Crippen LogP contribution < -0.4 is 0 Å². The number of nitrogens with zero attached hydrogens (tertiary/aromatic N) is 3. The molecule has 4 aliphatic rings. The first-order valence-corrected chi connectivity index (χ1v) is 14.3. The largest absolute Gasteiger partial charge is 0.395 e. The minimum absolute atomic E-state index is 0.0350. The molecule has 0 aromatic carbocycles. The van der Waals surface area contributed by atoms with E-state index in [1.54, 1.807) is 17.1 Å². The molecule has 0 aromatic rings. The Labute approximate surface area is 222 Å². The van der Waals surface area contributed by atoms with Gasteiger partial charge < -0.3 is 24.5 Å². The van der Waals surface area contributed by atoms with E-state index in [0.29, 0.717) is 26.1 Å². The summed E-state index contributed by atoms with van der Waals surface area (Å²) in [6.45, 7) is 10.8. The fraction of sp³-hybridized carbons (Fsp3) is 0.741. The van der Waals surface area contributed by atoms with E-state index < -0.39 is 29.6 Å². The number of fused-ring (bicyclic) bond motifs is 1. The molecular weight excluding hydrogens is 526 g/mol. The number of carbonyl (C=O) groups excluding carboxylic acids is 3. The topological polar surface area (TPSA) is 90.4 Å². The maximum atomic E-state index is 14.3. The Bertz CT molecular complexity index is 877. The number of alkyl halides is 1. The van der Waals surface area contributed by atoms with Crippen LogP contribution in [-0.2, 0) is 19.1 Å². The van der Waals surface area contributed by atoms with E-state index in [1.165, 1.54) is 4.90 Å². The third kappa shape index (κ3) is 4.45. The molecule has 4 fully saturated rings. The van der Waals surface area contributed by atoms with Gasteiger partial charge in [0.15, 0.2) is 0 Å². The number of rotatable bonds is 11. The molecule has 1 saturated carbocycles. The molecule has 3 heterocycles. The van der Waals surface area contributed by atoms with Gasteiger partial charge in [-0.3, -0.25) is 14.4 Å². The molecule has 2 bridgehead atoms. The first kappa shape index (κ1) is 27.3. The van der Waals surface area contributed by atoms with Crippen LogP contribution in [-0.4, -0.2) is 98.9 Å². The molecule has 200 valence electrons. The number of amides is 3. The van der Waals surface area contributed by atoms with Gasteiger partial charge in [0.25, 0.3) is 0 Å². The van der Waals surface area contributed by atoms with Crippen molar-refractivity contribution in [3.05, 3.63) is 25.3 Å². The normalized spacial score (nSPS) is 33.5. The van der Waals surface area contributed by atoms with Gasteiger partial charge in [-0.05, 0) is 25.7 Å². The molecule has 6 atom stereocenters. The Kier molecular flexibility index (Phi) is 8.62. The fourth-order valence-corrected chi connectivity index (χ4v) is 8.02. The molecule has 4 rings (SSSR count). The standard InChI is InChI=1S/C27H40BrN3O5/c1-4-12-29(13-5-2)24(33)20-21-25(34)31(15-16-32)23(27(21)17-19(28)22(20)36-27)26(35)30(14-6-3)18-10-8-7-9-11-18/h4,6,18-23,32H,1,3,5,7-17H2,2H3/t19?,20-,21+,22-,23?,27?/m1/s1. The quantitative estimate of drug-likeness (QED) is 0.307. The van der Waals surface area contributed by atoms with Gasteiger partial charge in [0.05, 0.1) is 24.5 Å². The molecule has 1 aliphatic carbocycles. The smallest absolute Gasteiger partial charge is 0.248 e. The fourth-order valence-electron chi connectivity index (χ4n) is 7.08. The van der Waals surface area contributed by atoms with Crippen LogP contribution in [0.15, 0.2) is 25.3 Å². The van der Waals surface area contributed by atoms with Gasteiger partial charge in [-0.1, -0.05) is 54.3 Å². The summed E-state index contributed by atoms with van der Waals surface area (Å²) in [5, 5.41) is 9.85. The average Bonchev–Trinajstić information content (AvgIpc) is 3.46. The summed E-state index contributed by atoms with van der Waals surface area (Å²) in [6.07, 6.45) is 9.36. The molecule has 36 heavy (non-hydrogen) atoms. The van der Waals surface area contributed by atoms with Crippen molar-refractivity contribution in [2.75, 3.05) is 32.8 Å². The molecule has 3 amide bonds. The van der Waals surface area contributed by atoms with Crippen molar-refractivity contribution in [3.63, 3.8) is 0 Å². The lowest BCUT2D eigenvalue weighted by Gasteiger charge is -2.41. The van der Waals surface area contributed by atoms with E-state index in [9.17, 15) is 19.5 Å². The van der Waals surface area contributed by atoms with Crippen LogP contribution in [0.4, 0.5) is 0 Å². The summed E-state index contributed by atoms with van der Waals surface area (Å²) in [7, 11) is 0. The first-order chi connectivity index (χ1) is 17.4. The number of carbonyl (C=O) groups is 3. The Hall–Kier alpha value is -1.71. The van der Waals surface area contributed by atoms with Gasteiger partial charge in [-0.2, -0.15) is 0 Å². The zero-order chi connectivity index (χ0) is 26.0. The van der Waals surface area contributed by atoms with Crippen LogP contribution in [0.3, 0.4) is 0 Å².